The first-order valence-corrected chi connectivity index (χ1v) is 8.91. The molecule has 2 aliphatic rings. The Kier molecular flexibility index (Phi) is 5.42. The molecule has 0 unspecified atom stereocenters. The van der Waals surface area contributed by atoms with Crippen LogP contribution in [-0.2, 0) is 4.79 Å². The van der Waals surface area contributed by atoms with Crippen LogP contribution < -0.4 is 15.0 Å². The van der Waals surface area contributed by atoms with E-state index in [0.29, 0.717) is 11.8 Å². The van der Waals surface area contributed by atoms with Crippen LogP contribution in [-0.4, -0.2) is 32.7 Å². The van der Waals surface area contributed by atoms with Gasteiger partial charge in [0.2, 0.25) is 5.91 Å². The van der Waals surface area contributed by atoms with Crippen molar-refractivity contribution in [1.82, 2.24) is 5.32 Å². The molecule has 1 saturated heterocycles. The fourth-order valence-corrected chi connectivity index (χ4v) is 3.92. The average molecular weight is 316 g/mol. The molecule has 3 rings (SSSR count). The molecule has 1 aliphatic heterocycles. The van der Waals surface area contributed by atoms with Crippen LogP contribution in [0.2, 0.25) is 0 Å². The third kappa shape index (κ3) is 4.18. The summed E-state index contributed by atoms with van der Waals surface area (Å²) >= 11 is 0. The molecule has 1 heterocycles. The maximum absolute atomic E-state index is 12.1. The molecule has 4 heteroatoms. The molecular formula is C19H28N2O2. The van der Waals surface area contributed by atoms with Crippen LogP contribution in [0.3, 0.4) is 0 Å². The molecule has 0 radical (unpaired) electrons. The number of amides is 1. The van der Waals surface area contributed by atoms with E-state index in [9.17, 15) is 4.79 Å². The second-order valence-corrected chi connectivity index (χ2v) is 6.93. The van der Waals surface area contributed by atoms with E-state index in [1.807, 2.05) is 12.1 Å². The number of ether oxygens (including phenoxy) is 1. The molecule has 1 amide bonds. The Morgan fingerprint density at radius 1 is 1.22 bits per heavy atom. The van der Waals surface area contributed by atoms with Gasteiger partial charge in [-0.3, -0.25) is 4.79 Å². The highest BCUT2D eigenvalue weighted by atomic mass is 16.5. The summed E-state index contributed by atoms with van der Waals surface area (Å²) in [5.41, 5.74) is 1.16. The second-order valence-electron chi connectivity index (χ2n) is 6.93. The van der Waals surface area contributed by atoms with Crippen molar-refractivity contribution in [2.75, 3.05) is 31.6 Å². The normalized spacial score (nSPS) is 21.6. The van der Waals surface area contributed by atoms with E-state index in [1.54, 1.807) is 7.11 Å². The van der Waals surface area contributed by atoms with Gasteiger partial charge in [0.15, 0.2) is 0 Å². The number of para-hydroxylation sites is 2. The molecule has 1 aliphatic carbocycles. The molecule has 0 bridgehead atoms. The third-order valence-electron chi connectivity index (χ3n) is 5.25. The van der Waals surface area contributed by atoms with Crippen LogP contribution >= 0.6 is 0 Å². The van der Waals surface area contributed by atoms with Gasteiger partial charge in [0, 0.05) is 26.1 Å². The Morgan fingerprint density at radius 2 is 2.00 bits per heavy atom. The standard InChI is InChI=1S/C19H28N2O2/c1-23-18-9-5-4-8-17(18)21-11-10-16(14-21)13-20-19(22)12-15-6-2-3-7-15/h4-5,8-9,15-16H,2-3,6-7,10-14H2,1H3,(H,20,22)/t16-/m0/s1. The number of carbonyl (C=O) groups is 1. The van der Waals surface area contributed by atoms with Crippen molar-refractivity contribution in [3.05, 3.63) is 24.3 Å². The zero-order valence-corrected chi connectivity index (χ0v) is 14.1. The Bertz CT molecular complexity index is 526. The number of nitrogens with zero attached hydrogens (tertiary/aromatic N) is 1. The summed E-state index contributed by atoms with van der Waals surface area (Å²) in [5, 5.41) is 3.16. The monoisotopic (exact) mass is 316 g/mol. The maximum atomic E-state index is 12.1. The number of hydrogen-bond donors (Lipinski definition) is 1. The molecule has 1 atom stereocenters. The SMILES string of the molecule is COc1ccccc1N1CC[C@@H](CNC(=O)CC2CCCC2)C1. The minimum absolute atomic E-state index is 0.243. The number of carbonyl (C=O) groups excluding carboxylic acids is 1. The van der Waals surface area contributed by atoms with E-state index in [4.69, 9.17) is 4.74 Å². The quantitative estimate of drug-likeness (QED) is 0.876. The molecule has 126 valence electrons. The summed E-state index contributed by atoms with van der Waals surface area (Å²) in [6.45, 7) is 2.82. The van der Waals surface area contributed by atoms with E-state index < -0.39 is 0 Å². The first-order chi connectivity index (χ1) is 11.3. The summed E-state index contributed by atoms with van der Waals surface area (Å²) < 4.78 is 5.45. The predicted octanol–water partition coefficient (Wildman–Crippen LogP) is 3.22. The smallest absolute Gasteiger partial charge is 0.220 e. The lowest BCUT2D eigenvalue weighted by atomic mass is 10.0. The minimum Gasteiger partial charge on any atom is -0.495 e. The van der Waals surface area contributed by atoms with Gasteiger partial charge in [0.05, 0.1) is 12.8 Å². The number of benzene rings is 1. The van der Waals surface area contributed by atoms with Crippen molar-refractivity contribution in [3.63, 3.8) is 0 Å². The van der Waals surface area contributed by atoms with E-state index in [-0.39, 0.29) is 5.91 Å². The maximum Gasteiger partial charge on any atom is 0.220 e. The molecule has 1 aromatic rings. The number of anilines is 1. The molecule has 1 aromatic carbocycles. The Morgan fingerprint density at radius 3 is 2.78 bits per heavy atom. The fraction of sp³-hybridized carbons (Fsp3) is 0.632. The van der Waals surface area contributed by atoms with Crippen molar-refractivity contribution in [2.24, 2.45) is 11.8 Å². The zero-order valence-electron chi connectivity index (χ0n) is 14.1. The topological polar surface area (TPSA) is 41.6 Å². The number of methoxy groups -OCH3 is 1. The van der Waals surface area contributed by atoms with Crippen molar-refractivity contribution in [2.45, 2.75) is 38.5 Å². The summed E-state index contributed by atoms with van der Waals surface area (Å²) in [4.78, 5) is 14.4. The predicted molar refractivity (Wildman–Crippen MR) is 92.9 cm³/mol. The molecule has 4 nitrogen and oxygen atoms in total. The molecule has 1 saturated carbocycles. The molecule has 2 fully saturated rings. The van der Waals surface area contributed by atoms with Crippen molar-refractivity contribution in [3.8, 4) is 5.75 Å². The highest BCUT2D eigenvalue weighted by molar-refractivity contribution is 5.76. The van der Waals surface area contributed by atoms with Crippen LogP contribution in [0.15, 0.2) is 24.3 Å². The van der Waals surface area contributed by atoms with Gasteiger partial charge in [0.1, 0.15) is 5.75 Å². The highest BCUT2D eigenvalue weighted by Gasteiger charge is 2.25. The first kappa shape index (κ1) is 16.2. The van der Waals surface area contributed by atoms with Gasteiger partial charge in [0.25, 0.3) is 0 Å². The van der Waals surface area contributed by atoms with E-state index in [1.165, 1.54) is 25.7 Å². The first-order valence-electron chi connectivity index (χ1n) is 8.91. The minimum atomic E-state index is 0.243. The summed E-state index contributed by atoms with van der Waals surface area (Å²) in [6.07, 6.45) is 6.92. The van der Waals surface area contributed by atoms with E-state index >= 15 is 0 Å². The fourth-order valence-electron chi connectivity index (χ4n) is 3.92. The summed E-state index contributed by atoms with van der Waals surface area (Å²) in [7, 11) is 1.72. The van der Waals surface area contributed by atoms with Crippen LogP contribution in [0.4, 0.5) is 5.69 Å². The summed E-state index contributed by atoms with van der Waals surface area (Å²) in [6, 6.07) is 8.17. The molecule has 0 aromatic heterocycles. The van der Waals surface area contributed by atoms with Gasteiger partial charge in [-0.2, -0.15) is 0 Å². The van der Waals surface area contributed by atoms with Gasteiger partial charge in [-0.15, -0.1) is 0 Å². The molecular weight excluding hydrogens is 288 g/mol. The zero-order chi connectivity index (χ0) is 16.1. The lowest BCUT2D eigenvalue weighted by Crippen LogP contribution is -2.31. The van der Waals surface area contributed by atoms with Gasteiger partial charge in [-0.25, -0.2) is 0 Å². The third-order valence-corrected chi connectivity index (χ3v) is 5.25. The Labute approximate surface area is 139 Å². The Hall–Kier alpha value is -1.71. The second kappa shape index (κ2) is 7.71. The highest BCUT2D eigenvalue weighted by Crippen LogP contribution is 2.32. The number of rotatable bonds is 6. The van der Waals surface area contributed by atoms with Crippen LogP contribution in [0.5, 0.6) is 5.75 Å². The largest absolute Gasteiger partial charge is 0.495 e. The molecule has 23 heavy (non-hydrogen) atoms. The van der Waals surface area contributed by atoms with Crippen molar-refractivity contribution >= 4 is 11.6 Å². The van der Waals surface area contributed by atoms with Gasteiger partial charge >= 0.3 is 0 Å². The van der Waals surface area contributed by atoms with Gasteiger partial charge in [-0.1, -0.05) is 25.0 Å². The van der Waals surface area contributed by atoms with E-state index in [2.05, 4.69) is 22.3 Å². The number of hydrogen-bond acceptors (Lipinski definition) is 3. The van der Waals surface area contributed by atoms with Crippen LogP contribution in [0, 0.1) is 11.8 Å². The van der Waals surface area contributed by atoms with Crippen LogP contribution in [0.25, 0.3) is 0 Å². The van der Waals surface area contributed by atoms with Crippen LogP contribution in [0.1, 0.15) is 38.5 Å². The van der Waals surface area contributed by atoms with Crippen molar-refractivity contribution < 1.29 is 9.53 Å². The number of nitrogens with one attached hydrogen (secondary N) is 1. The van der Waals surface area contributed by atoms with Gasteiger partial charge < -0.3 is 15.0 Å². The molecule has 1 N–H and O–H groups in total. The lowest BCUT2D eigenvalue weighted by molar-refractivity contribution is -0.122. The lowest BCUT2D eigenvalue weighted by Gasteiger charge is -2.21. The Balaban J connectivity index is 1.45. The van der Waals surface area contributed by atoms with Gasteiger partial charge in [-0.05, 0) is 43.2 Å². The molecule has 0 spiro atoms. The van der Waals surface area contributed by atoms with Crippen molar-refractivity contribution in [1.29, 1.82) is 0 Å². The van der Waals surface area contributed by atoms with E-state index in [0.717, 1.165) is 43.9 Å². The summed E-state index contributed by atoms with van der Waals surface area (Å²) in [5.74, 6) is 2.34. The average Bonchev–Trinajstić information content (AvgIpc) is 3.24.